The summed E-state index contributed by atoms with van der Waals surface area (Å²) >= 11 is 5.95. The largest absolute Gasteiger partial charge is 0.508 e. The molecule has 0 amide bonds. The van der Waals surface area contributed by atoms with E-state index >= 15 is 0 Å². The van der Waals surface area contributed by atoms with E-state index in [1.54, 1.807) is 18.2 Å². The molecule has 23 heavy (non-hydrogen) atoms. The van der Waals surface area contributed by atoms with Gasteiger partial charge in [0.1, 0.15) is 11.5 Å². The first-order valence-corrected chi connectivity index (χ1v) is 8.20. The molecule has 1 aliphatic heterocycles. The molecule has 1 aliphatic rings. The number of aromatic hydroxyl groups is 2. The van der Waals surface area contributed by atoms with Crippen LogP contribution in [0, 0.1) is 0 Å². The van der Waals surface area contributed by atoms with Gasteiger partial charge >= 0.3 is 0 Å². The van der Waals surface area contributed by atoms with Crippen molar-refractivity contribution in [3.8, 4) is 11.5 Å². The Morgan fingerprint density at radius 2 is 1.43 bits per heavy atom. The van der Waals surface area contributed by atoms with E-state index in [0.717, 1.165) is 31.5 Å². The van der Waals surface area contributed by atoms with E-state index in [0.29, 0.717) is 22.9 Å². The van der Waals surface area contributed by atoms with Gasteiger partial charge in [0, 0.05) is 25.2 Å². The number of hydrogen-bond donors (Lipinski definition) is 4. The predicted molar refractivity (Wildman–Crippen MR) is 92.2 cm³/mol. The zero-order valence-corrected chi connectivity index (χ0v) is 13.6. The molecule has 4 N–H and O–H groups in total. The van der Waals surface area contributed by atoms with Crippen LogP contribution in [0.4, 0.5) is 0 Å². The Morgan fingerprint density at radius 3 is 2.00 bits per heavy atom. The van der Waals surface area contributed by atoms with Gasteiger partial charge in [-0.15, -0.1) is 0 Å². The fourth-order valence-electron chi connectivity index (χ4n) is 2.93. The SMILES string of the molecule is Oc1ccc(C[C@H]2CN[C@@H](Cc3ccc(O)c(Cl)c3)CN2)cc1. The number of hydrogen-bond acceptors (Lipinski definition) is 4. The van der Waals surface area contributed by atoms with E-state index in [9.17, 15) is 10.2 Å². The molecule has 0 spiro atoms. The second kappa shape index (κ2) is 7.21. The lowest BCUT2D eigenvalue weighted by Gasteiger charge is -2.31. The zero-order chi connectivity index (χ0) is 16.2. The number of rotatable bonds is 4. The van der Waals surface area contributed by atoms with Crippen LogP contribution >= 0.6 is 11.6 Å². The van der Waals surface area contributed by atoms with Gasteiger partial charge in [-0.05, 0) is 48.2 Å². The van der Waals surface area contributed by atoms with Gasteiger partial charge in [-0.2, -0.15) is 0 Å². The van der Waals surface area contributed by atoms with E-state index in [2.05, 4.69) is 10.6 Å². The third-order valence-electron chi connectivity index (χ3n) is 4.22. The van der Waals surface area contributed by atoms with Gasteiger partial charge in [0.05, 0.1) is 5.02 Å². The fraction of sp³-hybridized carbons (Fsp3) is 0.333. The Morgan fingerprint density at radius 1 is 0.870 bits per heavy atom. The highest BCUT2D eigenvalue weighted by molar-refractivity contribution is 6.32. The molecule has 5 heteroatoms. The monoisotopic (exact) mass is 332 g/mol. The summed E-state index contributed by atoms with van der Waals surface area (Å²) in [6.45, 7) is 1.79. The van der Waals surface area contributed by atoms with Crippen LogP contribution in [0.2, 0.25) is 5.02 Å². The summed E-state index contributed by atoms with van der Waals surface area (Å²) in [7, 11) is 0. The van der Waals surface area contributed by atoms with Crippen molar-refractivity contribution in [3.63, 3.8) is 0 Å². The fourth-order valence-corrected chi connectivity index (χ4v) is 3.13. The average molecular weight is 333 g/mol. The van der Waals surface area contributed by atoms with Crippen LogP contribution in [0.3, 0.4) is 0 Å². The summed E-state index contributed by atoms with van der Waals surface area (Å²) in [5.41, 5.74) is 2.33. The number of phenolic OH excluding ortho intramolecular Hbond substituents is 2. The lowest BCUT2D eigenvalue weighted by atomic mass is 10.00. The minimum absolute atomic E-state index is 0.124. The van der Waals surface area contributed by atoms with Crippen molar-refractivity contribution in [1.29, 1.82) is 0 Å². The van der Waals surface area contributed by atoms with E-state index in [1.807, 2.05) is 24.3 Å². The molecular formula is C18H21ClN2O2. The molecule has 2 aromatic rings. The van der Waals surface area contributed by atoms with Gasteiger partial charge in [0.25, 0.3) is 0 Å². The molecule has 0 aromatic heterocycles. The van der Waals surface area contributed by atoms with Crippen molar-refractivity contribution in [1.82, 2.24) is 10.6 Å². The molecule has 0 saturated carbocycles. The van der Waals surface area contributed by atoms with E-state index in [4.69, 9.17) is 11.6 Å². The first-order valence-electron chi connectivity index (χ1n) is 7.82. The minimum Gasteiger partial charge on any atom is -0.508 e. The highest BCUT2D eigenvalue weighted by atomic mass is 35.5. The van der Waals surface area contributed by atoms with Gasteiger partial charge in [-0.25, -0.2) is 0 Å². The first kappa shape index (κ1) is 16.1. The van der Waals surface area contributed by atoms with Crippen LogP contribution in [0.25, 0.3) is 0 Å². The van der Waals surface area contributed by atoms with Crippen LogP contribution < -0.4 is 10.6 Å². The maximum absolute atomic E-state index is 9.47. The molecule has 3 rings (SSSR count). The molecule has 0 bridgehead atoms. The number of phenols is 2. The summed E-state index contributed by atoms with van der Waals surface area (Å²) < 4.78 is 0. The molecule has 1 fully saturated rings. The van der Waals surface area contributed by atoms with E-state index < -0.39 is 0 Å². The summed E-state index contributed by atoms with van der Waals surface area (Å²) in [6, 6.07) is 13.5. The second-order valence-electron chi connectivity index (χ2n) is 6.07. The normalized spacial score (nSPS) is 21.3. The van der Waals surface area contributed by atoms with Crippen molar-refractivity contribution in [3.05, 3.63) is 58.6 Å². The molecule has 122 valence electrons. The van der Waals surface area contributed by atoms with Crippen molar-refractivity contribution in [2.75, 3.05) is 13.1 Å². The molecule has 1 saturated heterocycles. The van der Waals surface area contributed by atoms with Gasteiger partial charge in [0.15, 0.2) is 0 Å². The molecule has 0 radical (unpaired) electrons. The zero-order valence-electron chi connectivity index (χ0n) is 12.8. The maximum Gasteiger partial charge on any atom is 0.134 e. The molecule has 2 aromatic carbocycles. The first-order chi connectivity index (χ1) is 11.1. The Kier molecular flexibility index (Phi) is 5.06. The van der Waals surface area contributed by atoms with Crippen molar-refractivity contribution < 1.29 is 10.2 Å². The summed E-state index contributed by atoms with van der Waals surface area (Å²) in [5, 5.41) is 26.3. The standard InChI is InChI=1S/C18H21ClN2O2/c19-17-9-13(3-6-18(17)23)8-15-11-20-14(10-21-15)7-12-1-4-16(22)5-2-12/h1-6,9,14-15,20-23H,7-8,10-11H2/t14-,15-/m0/s1. The number of piperazine rings is 1. The van der Waals surface area contributed by atoms with Gasteiger partial charge in [-0.1, -0.05) is 29.8 Å². The highest BCUT2D eigenvalue weighted by Crippen LogP contribution is 2.24. The molecule has 2 atom stereocenters. The number of halogens is 1. The third kappa shape index (κ3) is 4.38. The lowest BCUT2D eigenvalue weighted by Crippen LogP contribution is -2.55. The van der Waals surface area contributed by atoms with Gasteiger partial charge in [-0.3, -0.25) is 0 Å². The second-order valence-corrected chi connectivity index (χ2v) is 6.48. The van der Waals surface area contributed by atoms with Crippen molar-refractivity contribution in [2.45, 2.75) is 24.9 Å². The number of nitrogens with one attached hydrogen (secondary N) is 2. The quantitative estimate of drug-likeness (QED) is 0.694. The molecule has 1 heterocycles. The van der Waals surface area contributed by atoms with Crippen LogP contribution in [-0.2, 0) is 12.8 Å². The summed E-state index contributed by atoms with van der Waals surface area (Å²) in [4.78, 5) is 0. The van der Waals surface area contributed by atoms with E-state index in [1.165, 1.54) is 5.56 Å². The molecule has 4 nitrogen and oxygen atoms in total. The molecule has 0 aliphatic carbocycles. The van der Waals surface area contributed by atoms with Crippen LogP contribution in [-0.4, -0.2) is 35.4 Å². The van der Waals surface area contributed by atoms with Crippen LogP contribution in [0.1, 0.15) is 11.1 Å². The maximum atomic E-state index is 9.47. The Hall–Kier alpha value is -1.75. The summed E-state index contributed by atoms with van der Waals surface area (Å²) in [6.07, 6.45) is 1.81. The Labute approximate surface area is 141 Å². The Balaban J connectivity index is 1.50. The molecular weight excluding hydrogens is 312 g/mol. The van der Waals surface area contributed by atoms with Crippen LogP contribution in [0.15, 0.2) is 42.5 Å². The van der Waals surface area contributed by atoms with Crippen molar-refractivity contribution in [2.24, 2.45) is 0 Å². The predicted octanol–water partition coefficient (Wildman–Crippen LogP) is 2.47. The lowest BCUT2D eigenvalue weighted by molar-refractivity contribution is 0.342. The summed E-state index contributed by atoms with van der Waals surface area (Å²) in [5.74, 6) is 0.426. The average Bonchev–Trinajstić information content (AvgIpc) is 2.55. The topological polar surface area (TPSA) is 64.5 Å². The van der Waals surface area contributed by atoms with E-state index in [-0.39, 0.29) is 5.75 Å². The smallest absolute Gasteiger partial charge is 0.134 e. The Bertz CT molecular complexity index is 653. The highest BCUT2D eigenvalue weighted by Gasteiger charge is 2.20. The van der Waals surface area contributed by atoms with Crippen molar-refractivity contribution >= 4 is 11.6 Å². The molecule has 0 unspecified atom stereocenters. The van der Waals surface area contributed by atoms with Crippen LogP contribution in [0.5, 0.6) is 11.5 Å². The number of benzene rings is 2. The van der Waals surface area contributed by atoms with Gasteiger partial charge < -0.3 is 20.8 Å². The van der Waals surface area contributed by atoms with Gasteiger partial charge in [0.2, 0.25) is 0 Å². The minimum atomic E-state index is 0.124. The third-order valence-corrected chi connectivity index (χ3v) is 4.52.